The van der Waals surface area contributed by atoms with E-state index in [4.69, 9.17) is 9.84 Å². The Labute approximate surface area is 121 Å². The first-order valence-corrected chi connectivity index (χ1v) is 7.48. The lowest BCUT2D eigenvalue weighted by molar-refractivity contribution is -0.121. The van der Waals surface area contributed by atoms with E-state index in [-0.39, 0.29) is 34.8 Å². The van der Waals surface area contributed by atoms with Gasteiger partial charge in [0.2, 0.25) is 5.91 Å². The molecule has 110 valence electrons. The van der Waals surface area contributed by atoms with Crippen molar-refractivity contribution in [1.29, 1.82) is 0 Å². The number of aryl methyl sites for hydroxylation is 1. The molecule has 1 aliphatic heterocycles. The topological polar surface area (TPSA) is 75.6 Å². The van der Waals surface area contributed by atoms with E-state index in [0.29, 0.717) is 5.69 Å². The summed E-state index contributed by atoms with van der Waals surface area (Å²) in [5, 5.41) is 13.6. The molecule has 2 heterocycles. The van der Waals surface area contributed by atoms with Gasteiger partial charge in [0.1, 0.15) is 4.88 Å². The van der Waals surface area contributed by atoms with Crippen LogP contribution < -0.4 is 5.32 Å². The number of hydrogen-bond acceptors (Lipinski definition) is 4. The number of aromatic carboxylic acids is 1. The van der Waals surface area contributed by atoms with Crippen molar-refractivity contribution < 1.29 is 19.4 Å². The van der Waals surface area contributed by atoms with Gasteiger partial charge in [-0.2, -0.15) is 0 Å². The number of nitrogens with one attached hydrogen (secondary N) is 1. The van der Waals surface area contributed by atoms with Gasteiger partial charge in [0.05, 0.1) is 23.8 Å². The molecule has 0 bridgehead atoms. The molecule has 1 saturated heterocycles. The molecular weight excluding hydrogens is 278 g/mol. The van der Waals surface area contributed by atoms with Crippen molar-refractivity contribution in [2.75, 3.05) is 5.32 Å². The average molecular weight is 297 g/mol. The summed E-state index contributed by atoms with van der Waals surface area (Å²) < 4.78 is 5.66. The quantitative estimate of drug-likeness (QED) is 0.899. The number of amides is 1. The van der Waals surface area contributed by atoms with Gasteiger partial charge in [-0.1, -0.05) is 6.92 Å². The number of carboxylic acid groups (broad SMARTS) is 1. The standard InChI is InChI=1S/C14H19NO4S/c1-6-5-20-12(14(17)18)11(6)15-13(16)10-7(2)8(3)19-9(10)4/h5,7-10H,1-4H3,(H,15,16)(H,17,18). The molecule has 6 heteroatoms. The maximum atomic E-state index is 12.4. The number of carbonyl (C=O) groups is 2. The molecule has 2 rings (SSSR count). The van der Waals surface area contributed by atoms with Gasteiger partial charge in [0, 0.05) is 0 Å². The molecule has 0 radical (unpaired) electrons. The minimum absolute atomic E-state index is 0.0308. The van der Waals surface area contributed by atoms with E-state index < -0.39 is 5.97 Å². The molecule has 1 amide bonds. The van der Waals surface area contributed by atoms with Crippen molar-refractivity contribution in [3.8, 4) is 0 Å². The SMILES string of the molecule is Cc1csc(C(=O)O)c1NC(=O)C1C(C)OC(C)C1C. The van der Waals surface area contributed by atoms with Crippen molar-refractivity contribution in [3.05, 3.63) is 15.8 Å². The van der Waals surface area contributed by atoms with Crippen molar-refractivity contribution in [2.24, 2.45) is 11.8 Å². The Morgan fingerprint density at radius 3 is 2.45 bits per heavy atom. The smallest absolute Gasteiger partial charge is 0.348 e. The lowest BCUT2D eigenvalue weighted by atomic mass is 9.89. The van der Waals surface area contributed by atoms with Gasteiger partial charge in [-0.05, 0) is 37.6 Å². The van der Waals surface area contributed by atoms with Crippen LogP contribution in [0.1, 0.15) is 36.0 Å². The molecule has 0 saturated carbocycles. The lowest BCUT2D eigenvalue weighted by Gasteiger charge is -2.18. The number of anilines is 1. The van der Waals surface area contributed by atoms with E-state index in [0.717, 1.165) is 16.9 Å². The highest BCUT2D eigenvalue weighted by atomic mass is 32.1. The monoisotopic (exact) mass is 297 g/mol. The number of carboxylic acids is 1. The molecule has 4 unspecified atom stereocenters. The Morgan fingerprint density at radius 2 is 1.95 bits per heavy atom. The van der Waals surface area contributed by atoms with Crippen molar-refractivity contribution >= 4 is 28.9 Å². The molecule has 1 fully saturated rings. The summed E-state index contributed by atoms with van der Waals surface area (Å²) in [5.74, 6) is -1.34. The van der Waals surface area contributed by atoms with E-state index >= 15 is 0 Å². The number of thiophene rings is 1. The van der Waals surface area contributed by atoms with Crippen LogP contribution in [0.15, 0.2) is 5.38 Å². The van der Waals surface area contributed by atoms with Crippen molar-refractivity contribution in [1.82, 2.24) is 0 Å². The Kier molecular flexibility index (Phi) is 4.15. The largest absolute Gasteiger partial charge is 0.477 e. The van der Waals surface area contributed by atoms with Gasteiger partial charge in [0.15, 0.2) is 0 Å². The van der Waals surface area contributed by atoms with Crippen molar-refractivity contribution in [3.63, 3.8) is 0 Å². The Bertz CT molecular complexity index is 539. The summed E-state index contributed by atoms with van der Waals surface area (Å²) in [6.45, 7) is 7.60. The van der Waals surface area contributed by atoms with E-state index in [1.54, 1.807) is 12.3 Å². The zero-order valence-corrected chi connectivity index (χ0v) is 12.8. The number of hydrogen-bond donors (Lipinski definition) is 2. The third-order valence-electron chi connectivity index (χ3n) is 3.96. The Morgan fingerprint density at radius 1 is 1.30 bits per heavy atom. The molecule has 0 aromatic carbocycles. The van der Waals surface area contributed by atoms with Gasteiger partial charge < -0.3 is 15.2 Å². The van der Waals surface area contributed by atoms with E-state index in [1.165, 1.54) is 0 Å². The highest BCUT2D eigenvalue weighted by Gasteiger charge is 2.41. The van der Waals surface area contributed by atoms with Crippen LogP contribution >= 0.6 is 11.3 Å². The minimum Gasteiger partial charge on any atom is -0.477 e. The number of carbonyl (C=O) groups excluding carboxylic acids is 1. The summed E-state index contributed by atoms with van der Waals surface area (Å²) in [4.78, 5) is 23.7. The van der Waals surface area contributed by atoms with Crippen molar-refractivity contribution in [2.45, 2.75) is 39.9 Å². The number of rotatable bonds is 3. The van der Waals surface area contributed by atoms with Crippen LogP contribution in [0.4, 0.5) is 5.69 Å². The molecule has 0 aliphatic carbocycles. The van der Waals surface area contributed by atoms with Crippen LogP contribution in [0, 0.1) is 18.8 Å². The first kappa shape index (κ1) is 15.0. The first-order chi connectivity index (χ1) is 9.32. The predicted octanol–water partition coefficient (Wildman–Crippen LogP) is 2.75. The second kappa shape index (κ2) is 5.54. The zero-order valence-electron chi connectivity index (χ0n) is 12.0. The third-order valence-corrected chi connectivity index (χ3v) is 5.05. The molecule has 1 aromatic rings. The zero-order chi connectivity index (χ0) is 15.0. The molecule has 2 N–H and O–H groups in total. The molecule has 1 aromatic heterocycles. The van der Waals surface area contributed by atoms with Crippen LogP contribution in [-0.2, 0) is 9.53 Å². The van der Waals surface area contributed by atoms with Gasteiger partial charge >= 0.3 is 5.97 Å². The van der Waals surface area contributed by atoms with Crippen LogP contribution in [0.3, 0.4) is 0 Å². The molecule has 0 spiro atoms. The van der Waals surface area contributed by atoms with Crippen LogP contribution in [0.25, 0.3) is 0 Å². The molecule has 20 heavy (non-hydrogen) atoms. The molecule has 1 aliphatic rings. The highest BCUT2D eigenvalue weighted by Crippen LogP contribution is 2.34. The van der Waals surface area contributed by atoms with Crippen LogP contribution in [0.2, 0.25) is 0 Å². The van der Waals surface area contributed by atoms with Gasteiger partial charge in [-0.15, -0.1) is 11.3 Å². The fraction of sp³-hybridized carbons (Fsp3) is 0.571. The molecule has 4 atom stereocenters. The minimum atomic E-state index is -1.02. The fourth-order valence-electron chi connectivity index (χ4n) is 2.68. The Balaban J connectivity index is 2.20. The second-order valence-corrected chi connectivity index (χ2v) is 6.23. The summed E-state index contributed by atoms with van der Waals surface area (Å²) in [6.07, 6.45) is -0.129. The molecule has 5 nitrogen and oxygen atoms in total. The second-order valence-electron chi connectivity index (χ2n) is 5.35. The summed E-state index contributed by atoms with van der Waals surface area (Å²) in [5.41, 5.74) is 1.18. The van der Waals surface area contributed by atoms with E-state index in [1.807, 2.05) is 20.8 Å². The Hall–Kier alpha value is -1.40. The maximum Gasteiger partial charge on any atom is 0.348 e. The highest BCUT2D eigenvalue weighted by molar-refractivity contribution is 7.12. The predicted molar refractivity (Wildman–Crippen MR) is 77.3 cm³/mol. The van der Waals surface area contributed by atoms with Gasteiger partial charge in [-0.3, -0.25) is 4.79 Å². The lowest BCUT2D eigenvalue weighted by Crippen LogP contribution is -2.32. The van der Waals surface area contributed by atoms with Gasteiger partial charge in [0.25, 0.3) is 0 Å². The third kappa shape index (κ3) is 2.58. The number of ether oxygens (including phenoxy) is 1. The normalized spacial score (nSPS) is 29.4. The van der Waals surface area contributed by atoms with E-state index in [9.17, 15) is 9.59 Å². The van der Waals surface area contributed by atoms with Crippen LogP contribution in [-0.4, -0.2) is 29.2 Å². The summed E-state index contributed by atoms with van der Waals surface area (Å²) in [6, 6.07) is 0. The maximum absolute atomic E-state index is 12.4. The summed E-state index contributed by atoms with van der Waals surface area (Å²) in [7, 11) is 0. The first-order valence-electron chi connectivity index (χ1n) is 6.60. The average Bonchev–Trinajstić information content (AvgIpc) is 2.82. The van der Waals surface area contributed by atoms with Gasteiger partial charge in [-0.25, -0.2) is 4.79 Å². The summed E-state index contributed by atoms with van der Waals surface area (Å²) >= 11 is 1.13. The molecular formula is C14H19NO4S. The van der Waals surface area contributed by atoms with E-state index in [2.05, 4.69) is 5.32 Å². The fourth-order valence-corrected chi connectivity index (χ4v) is 3.53. The van der Waals surface area contributed by atoms with Crippen LogP contribution in [0.5, 0.6) is 0 Å².